The summed E-state index contributed by atoms with van der Waals surface area (Å²) in [7, 11) is 1.42. The molecular formula is C15H25NO2S. The first-order valence-electron chi connectivity index (χ1n) is 6.52. The molecule has 108 valence electrons. The number of nitrogens with two attached hydrogens (primary N) is 1. The lowest BCUT2D eigenvalue weighted by Gasteiger charge is -2.24. The van der Waals surface area contributed by atoms with Crippen molar-refractivity contribution in [3.8, 4) is 0 Å². The molecule has 0 aromatic carbocycles. The second-order valence-corrected chi connectivity index (χ2v) is 7.75. The van der Waals surface area contributed by atoms with E-state index >= 15 is 0 Å². The van der Waals surface area contributed by atoms with Gasteiger partial charge in [0, 0.05) is 15.8 Å². The predicted octanol–water partition coefficient (Wildman–Crippen LogP) is 3.63. The Morgan fingerprint density at radius 2 is 1.89 bits per heavy atom. The van der Waals surface area contributed by atoms with Crippen molar-refractivity contribution in [3.05, 3.63) is 21.9 Å². The molecule has 0 aliphatic rings. The summed E-state index contributed by atoms with van der Waals surface area (Å²) >= 11 is 1.73. The number of thiophene rings is 1. The number of ether oxygens (including phenoxy) is 1. The Morgan fingerprint density at radius 3 is 2.32 bits per heavy atom. The van der Waals surface area contributed by atoms with Gasteiger partial charge in [-0.05, 0) is 37.8 Å². The van der Waals surface area contributed by atoms with Gasteiger partial charge in [-0.25, -0.2) is 0 Å². The third-order valence-corrected chi connectivity index (χ3v) is 4.84. The van der Waals surface area contributed by atoms with Crippen LogP contribution < -0.4 is 5.73 Å². The van der Waals surface area contributed by atoms with Gasteiger partial charge in [0.2, 0.25) is 0 Å². The molecule has 0 radical (unpaired) electrons. The number of methoxy groups -OCH3 is 1. The van der Waals surface area contributed by atoms with Crippen molar-refractivity contribution < 1.29 is 9.53 Å². The number of rotatable bonds is 4. The van der Waals surface area contributed by atoms with Crippen molar-refractivity contribution in [1.29, 1.82) is 0 Å². The largest absolute Gasteiger partial charge is 0.469 e. The fourth-order valence-corrected chi connectivity index (χ4v) is 3.03. The lowest BCUT2D eigenvalue weighted by Crippen LogP contribution is -2.29. The molecule has 1 unspecified atom stereocenters. The zero-order valence-corrected chi connectivity index (χ0v) is 13.6. The van der Waals surface area contributed by atoms with Gasteiger partial charge in [-0.1, -0.05) is 20.8 Å². The van der Waals surface area contributed by atoms with Crippen LogP contribution in [0.15, 0.2) is 12.1 Å². The summed E-state index contributed by atoms with van der Waals surface area (Å²) in [5, 5.41) is 0. The Morgan fingerprint density at radius 1 is 1.32 bits per heavy atom. The molecule has 0 aliphatic carbocycles. The van der Waals surface area contributed by atoms with Crippen molar-refractivity contribution in [2.45, 2.75) is 52.5 Å². The van der Waals surface area contributed by atoms with Gasteiger partial charge < -0.3 is 10.5 Å². The average Bonchev–Trinajstić information content (AvgIpc) is 2.76. The van der Waals surface area contributed by atoms with Crippen molar-refractivity contribution in [3.63, 3.8) is 0 Å². The molecule has 0 bridgehead atoms. The lowest BCUT2D eigenvalue weighted by molar-refractivity contribution is -0.151. The van der Waals surface area contributed by atoms with Gasteiger partial charge in [-0.3, -0.25) is 4.79 Å². The first-order chi connectivity index (χ1) is 8.58. The van der Waals surface area contributed by atoms with Crippen molar-refractivity contribution in [2.75, 3.05) is 7.11 Å². The van der Waals surface area contributed by atoms with E-state index in [0.29, 0.717) is 6.42 Å². The van der Waals surface area contributed by atoms with Crippen LogP contribution in [0.4, 0.5) is 0 Å². The quantitative estimate of drug-likeness (QED) is 0.858. The summed E-state index contributed by atoms with van der Waals surface area (Å²) in [4.78, 5) is 14.1. The standard InChI is InChI=1S/C15H25NO2S/c1-14(2,3)12-8-7-11(19-12)10(16)9-15(4,5)13(17)18-6/h7-8,10H,9,16H2,1-6H3. The van der Waals surface area contributed by atoms with E-state index in [2.05, 4.69) is 32.9 Å². The van der Waals surface area contributed by atoms with Gasteiger partial charge >= 0.3 is 5.97 Å². The van der Waals surface area contributed by atoms with E-state index < -0.39 is 5.41 Å². The molecule has 0 spiro atoms. The molecule has 0 saturated heterocycles. The Hall–Kier alpha value is -0.870. The SMILES string of the molecule is COC(=O)C(C)(C)CC(N)c1ccc(C(C)(C)C)s1. The van der Waals surface area contributed by atoms with Crippen LogP contribution in [0, 0.1) is 5.41 Å². The molecule has 4 heteroatoms. The number of carbonyl (C=O) groups excluding carboxylic acids is 1. The van der Waals surface area contributed by atoms with Crippen LogP contribution >= 0.6 is 11.3 Å². The Bertz CT molecular complexity index is 443. The topological polar surface area (TPSA) is 52.3 Å². The number of hydrogen-bond donors (Lipinski definition) is 1. The fourth-order valence-electron chi connectivity index (χ4n) is 1.97. The van der Waals surface area contributed by atoms with E-state index in [0.717, 1.165) is 4.88 Å². The third-order valence-electron chi connectivity index (χ3n) is 3.20. The van der Waals surface area contributed by atoms with E-state index in [1.165, 1.54) is 12.0 Å². The number of carbonyl (C=O) groups is 1. The zero-order chi connectivity index (χ0) is 14.8. The van der Waals surface area contributed by atoms with Gasteiger partial charge in [-0.2, -0.15) is 0 Å². The van der Waals surface area contributed by atoms with Gasteiger partial charge in [0.15, 0.2) is 0 Å². The van der Waals surface area contributed by atoms with Gasteiger partial charge in [0.1, 0.15) is 0 Å². The van der Waals surface area contributed by atoms with Crippen LogP contribution in [0.5, 0.6) is 0 Å². The summed E-state index contributed by atoms with van der Waals surface area (Å²) in [5.41, 5.74) is 5.82. The molecule has 0 amide bonds. The van der Waals surface area contributed by atoms with E-state index in [1.54, 1.807) is 11.3 Å². The smallest absolute Gasteiger partial charge is 0.311 e. The molecule has 1 atom stereocenters. The van der Waals surface area contributed by atoms with Crippen molar-refractivity contribution >= 4 is 17.3 Å². The molecule has 3 nitrogen and oxygen atoms in total. The van der Waals surface area contributed by atoms with Gasteiger partial charge in [-0.15, -0.1) is 11.3 Å². The summed E-state index contributed by atoms with van der Waals surface area (Å²) in [6.07, 6.45) is 0.587. The lowest BCUT2D eigenvalue weighted by atomic mass is 9.85. The maximum absolute atomic E-state index is 11.7. The maximum atomic E-state index is 11.7. The molecule has 2 N–H and O–H groups in total. The van der Waals surface area contributed by atoms with Gasteiger partial charge in [0.05, 0.1) is 12.5 Å². The van der Waals surface area contributed by atoms with Crippen LogP contribution in [-0.4, -0.2) is 13.1 Å². The van der Waals surface area contributed by atoms with E-state index in [9.17, 15) is 4.79 Å². The molecule has 0 saturated carbocycles. The molecule has 1 aromatic heterocycles. The first kappa shape index (κ1) is 16.2. The highest BCUT2D eigenvalue weighted by Gasteiger charge is 2.32. The van der Waals surface area contributed by atoms with E-state index in [-0.39, 0.29) is 17.4 Å². The molecule has 1 heterocycles. The Labute approximate surface area is 120 Å². The molecule has 1 aromatic rings. The average molecular weight is 283 g/mol. The highest BCUT2D eigenvalue weighted by Crippen LogP contribution is 2.36. The molecule has 0 aliphatic heterocycles. The minimum absolute atomic E-state index is 0.129. The van der Waals surface area contributed by atoms with Crippen LogP contribution in [-0.2, 0) is 14.9 Å². The van der Waals surface area contributed by atoms with Gasteiger partial charge in [0.25, 0.3) is 0 Å². The molecular weight excluding hydrogens is 258 g/mol. The summed E-state index contributed by atoms with van der Waals surface area (Å²) in [6, 6.07) is 4.07. The highest BCUT2D eigenvalue weighted by atomic mass is 32.1. The second-order valence-electron chi connectivity index (χ2n) is 6.64. The maximum Gasteiger partial charge on any atom is 0.311 e. The van der Waals surface area contributed by atoms with Crippen LogP contribution in [0.1, 0.15) is 56.8 Å². The Kier molecular flexibility index (Phi) is 4.80. The van der Waals surface area contributed by atoms with Crippen molar-refractivity contribution in [2.24, 2.45) is 11.1 Å². The van der Waals surface area contributed by atoms with E-state index in [4.69, 9.17) is 10.5 Å². The van der Waals surface area contributed by atoms with Crippen molar-refractivity contribution in [1.82, 2.24) is 0 Å². The normalized spacial score (nSPS) is 14.3. The number of hydrogen-bond acceptors (Lipinski definition) is 4. The summed E-state index contributed by atoms with van der Waals surface area (Å²) in [6.45, 7) is 10.3. The monoisotopic (exact) mass is 283 g/mol. The zero-order valence-electron chi connectivity index (χ0n) is 12.7. The fraction of sp³-hybridized carbons (Fsp3) is 0.667. The molecule has 19 heavy (non-hydrogen) atoms. The van der Waals surface area contributed by atoms with Crippen LogP contribution in [0.25, 0.3) is 0 Å². The first-order valence-corrected chi connectivity index (χ1v) is 7.34. The third kappa shape index (κ3) is 4.05. The Balaban J connectivity index is 2.82. The van der Waals surface area contributed by atoms with Crippen LogP contribution in [0.2, 0.25) is 0 Å². The summed E-state index contributed by atoms with van der Waals surface area (Å²) < 4.78 is 4.82. The minimum Gasteiger partial charge on any atom is -0.469 e. The second kappa shape index (κ2) is 5.63. The highest BCUT2D eigenvalue weighted by molar-refractivity contribution is 7.12. The number of esters is 1. The van der Waals surface area contributed by atoms with Crippen LogP contribution in [0.3, 0.4) is 0 Å². The summed E-state index contributed by atoms with van der Waals surface area (Å²) in [5.74, 6) is -0.212. The predicted molar refractivity (Wildman–Crippen MR) is 80.4 cm³/mol. The molecule has 1 rings (SSSR count). The van der Waals surface area contributed by atoms with E-state index in [1.807, 2.05) is 13.8 Å². The molecule has 0 fully saturated rings. The minimum atomic E-state index is -0.556.